The average molecular weight is 249 g/mol. The van der Waals surface area contributed by atoms with Crippen molar-refractivity contribution in [3.05, 3.63) is 29.7 Å². The number of carboxylic acid groups (broad SMARTS) is 1. The largest absolute Gasteiger partial charge is 0.478 e. The fourth-order valence-electron chi connectivity index (χ4n) is 1.94. The Bertz CT molecular complexity index is 575. The third-order valence-electron chi connectivity index (χ3n) is 2.81. The van der Waals surface area contributed by atoms with Gasteiger partial charge >= 0.3 is 5.97 Å². The second kappa shape index (κ2) is 4.03. The second-order valence-electron chi connectivity index (χ2n) is 4.00. The monoisotopic (exact) mass is 249 g/mol. The van der Waals surface area contributed by atoms with Crippen molar-refractivity contribution in [2.24, 2.45) is 0 Å². The number of rotatable bonds is 2. The van der Waals surface area contributed by atoms with Crippen LogP contribution in [0.4, 0.5) is 0 Å². The third-order valence-corrected chi connectivity index (χ3v) is 4.19. The smallest absolute Gasteiger partial charge is 0.337 e. The number of hydrogen-bond acceptors (Lipinski definition) is 4. The molecule has 0 aliphatic carbocycles. The predicted octanol–water partition coefficient (Wildman–Crippen LogP) is 2.00. The summed E-state index contributed by atoms with van der Waals surface area (Å²) >= 11 is 1.87. The maximum Gasteiger partial charge on any atom is 0.337 e. The highest BCUT2D eigenvalue weighted by Gasteiger charge is 2.22. The average Bonchev–Trinajstić information content (AvgIpc) is 2.96. The first-order valence-electron chi connectivity index (χ1n) is 5.45. The highest BCUT2D eigenvalue weighted by molar-refractivity contribution is 7.99. The topological polar surface area (TPSA) is 67.5 Å². The molecule has 1 aliphatic heterocycles. The van der Waals surface area contributed by atoms with Gasteiger partial charge in [0.1, 0.15) is 0 Å². The molecule has 0 bridgehead atoms. The lowest BCUT2D eigenvalue weighted by Gasteiger charge is -1.99. The van der Waals surface area contributed by atoms with Crippen LogP contribution in [-0.4, -0.2) is 31.4 Å². The van der Waals surface area contributed by atoms with Crippen LogP contribution in [0.25, 0.3) is 5.65 Å². The van der Waals surface area contributed by atoms with Crippen molar-refractivity contribution >= 4 is 23.4 Å². The molecule has 6 heteroatoms. The molecule has 1 aliphatic rings. The van der Waals surface area contributed by atoms with Crippen LogP contribution in [0.5, 0.6) is 0 Å². The van der Waals surface area contributed by atoms with Gasteiger partial charge in [0.15, 0.2) is 11.5 Å². The van der Waals surface area contributed by atoms with Crippen molar-refractivity contribution in [1.29, 1.82) is 0 Å². The number of carbonyl (C=O) groups is 1. The van der Waals surface area contributed by atoms with Crippen LogP contribution in [0, 0.1) is 0 Å². The summed E-state index contributed by atoms with van der Waals surface area (Å²) in [5.74, 6) is 1.02. The minimum Gasteiger partial charge on any atom is -0.478 e. The van der Waals surface area contributed by atoms with Crippen molar-refractivity contribution in [2.75, 3.05) is 5.75 Å². The molecule has 0 saturated carbocycles. The molecule has 2 aromatic rings. The third kappa shape index (κ3) is 1.88. The summed E-state index contributed by atoms with van der Waals surface area (Å²) in [7, 11) is 0. The van der Waals surface area contributed by atoms with Crippen LogP contribution in [0.1, 0.15) is 34.3 Å². The van der Waals surface area contributed by atoms with E-state index in [9.17, 15) is 4.79 Å². The SMILES string of the molecule is O=C(O)c1ccc2nc(C3CCCS3)nn2c1. The van der Waals surface area contributed by atoms with Gasteiger partial charge in [-0.1, -0.05) is 0 Å². The Morgan fingerprint density at radius 2 is 2.41 bits per heavy atom. The molecule has 88 valence electrons. The number of hydrogen-bond donors (Lipinski definition) is 1. The van der Waals surface area contributed by atoms with Gasteiger partial charge in [-0.3, -0.25) is 0 Å². The maximum atomic E-state index is 10.8. The van der Waals surface area contributed by atoms with Crippen LogP contribution >= 0.6 is 11.8 Å². The molecule has 17 heavy (non-hydrogen) atoms. The summed E-state index contributed by atoms with van der Waals surface area (Å²) in [4.78, 5) is 15.3. The molecule has 5 nitrogen and oxygen atoms in total. The Morgan fingerprint density at radius 3 is 3.12 bits per heavy atom. The fourth-order valence-corrected chi connectivity index (χ4v) is 3.14. The van der Waals surface area contributed by atoms with E-state index < -0.39 is 5.97 Å². The zero-order chi connectivity index (χ0) is 11.8. The predicted molar refractivity (Wildman–Crippen MR) is 64.4 cm³/mol. The molecule has 3 heterocycles. The van der Waals surface area contributed by atoms with E-state index in [4.69, 9.17) is 5.11 Å². The summed E-state index contributed by atoms with van der Waals surface area (Å²) < 4.78 is 1.55. The van der Waals surface area contributed by atoms with Crippen molar-refractivity contribution < 1.29 is 9.90 Å². The van der Waals surface area contributed by atoms with Crippen molar-refractivity contribution in [3.63, 3.8) is 0 Å². The summed E-state index contributed by atoms with van der Waals surface area (Å²) in [5.41, 5.74) is 0.936. The number of pyridine rings is 1. The van der Waals surface area contributed by atoms with E-state index in [0.717, 1.165) is 18.0 Å². The van der Waals surface area contributed by atoms with Gasteiger partial charge in [-0.05, 0) is 30.7 Å². The number of aromatic carboxylic acids is 1. The molecule has 1 N–H and O–H groups in total. The molecule has 0 radical (unpaired) electrons. The number of carboxylic acids is 1. The molecule has 0 spiro atoms. The van der Waals surface area contributed by atoms with Gasteiger partial charge < -0.3 is 5.11 Å². The molecule has 1 unspecified atom stereocenters. The van der Waals surface area contributed by atoms with Gasteiger partial charge in [0.05, 0.1) is 10.8 Å². The van der Waals surface area contributed by atoms with Crippen molar-refractivity contribution in [1.82, 2.24) is 14.6 Å². The molecular weight excluding hydrogens is 238 g/mol. The molecule has 3 rings (SSSR count). The van der Waals surface area contributed by atoms with Crippen molar-refractivity contribution in [3.8, 4) is 0 Å². The standard InChI is InChI=1S/C11H11N3O2S/c15-11(16)7-3-4-9-12-10(13-14(9)6-7)8-2-1-5-17-8/h3-4,6,8H,1-2,5H2,(H,15,16). The van der Waals surface area contributed by atoms with Crippen LogP contribution in [0.2, 0.25) is 0 Å². The molecule has 0 amide bonds. The fraction of sp³-hybridized carbons (Fsp3) is 0.364. The summed E-state index contributed by atoms with van der Waals surface area (Å²) in [5, 5.41) is 13.6. The van der Waals surface area contributed by atoms with E-state index in [-0.39, 0.29) is 5.56 Å². The Morgan fingerprint density at radius 1 is 1.53 bits per heavy atom. The van der Waals surface area contributed by atoms with E-state index >= 15 is 0 Å². The van der Waals surface area contributed by atoms with E-state index in [0.29, 0.717) is 10.9 Å². The van der Waals surface area contributed by atoms with E-state index in [1.165, 1.54) is 12.6 Å². The highest BCUT2D eigenvalue weighted by Crippen LogP contribution is 2.38. The Hall–Kier alpha value is -1.56. The van der Waals surface area contributed by atoms with Gasteiger partial charge in [0, 0.05) is 6.20 Å². The first-order valence-corrected chi connectivity index (χ1v) is 6.50. The Kier molecular flexibility index (Phi) is 2.51. The number of nitrogens with zero attached hydrogens (tertiary/aromatic N) is 3. The first-order chi connectivity index (χ1) is 8.24. The summed E-state index contributed by atoms with van der Waals surface area (Å²) in [6.45, 7) is 0. The maximum absolute atomic E-state index is 10.8. The lowest BCUT2D eigenvalue weighted by Crippen LogP contribution is -1.99. The lowest BCUT2D eigenvalue weighted by atomic mass is 10.2. The summed E-state index contributed by atoms with van der Waals surface area (Å²) in [6, 6.07) is 3.25. The van der Waals surface area contributed by atoms with Crippen LogP contribution in [-0.2, 0) is 0 Å². The lowest BCUT2D eigenvalue weighted by molar-refractivity contribution is 0.0696. The quantitative estimate of drug-likeness (QED) is 0.881. The van der Waals surface area contributed by atoms with Gasteiger partial charge in [0.2, 0.25) is 0 Å². The van der Waals surface area contributed by atoms with Gasteiger partial charge in [-0.2, -0.15) is 16.9 Å². The zero-order valence-corrected chi connectivity index (χ0v) is 9.85. The van der Waals surface area contributed by atoms with Crippen molar-refractivity contribution in [2.45, 2.75) is 18.1 Å². The zero-order valence-electron chi connectivity index (χ0n) is 9.04. The summed E-state index contributed by atoms with van der Waals surface area (Å²) in [6.07, 6.45) is 3.81. The molecular formula is C11H11N3O2S. The Balaban J connectivity index is 2.03. The van der Waals surface area contributed by atoms with E-state index in [1.54, 1.807) is 16.6 Å². The van der Waals surface area contributed by atoms with Gasteiger partial charge in [-0.15, -0.1) is 0 Å². The highest BCUT2D eigenvalue weighted by atomic mass is 32.2. The number of thioether (sulfide) groups is 1. The minimum atomic E-state index is -0.945. The normalized spacial score (nSPS) is 19.9. The molecule has 1 saturated heterocycles. The molecule has 0 aromatic carbocycles. The molecule has 1 fully saturated rings. The van der Waals surface area contributed by atoms with E-state index in [1.807, 2.05) is 11.8 Å². The first kappa shape index (κ1) is 10.6. The number of fused-ring (bicyclic) bond motifs is 1. The van der Waals surface area contributed by atoms with Crippen LogP contribution < -0.4 is 0 Å². The van der Waals surface area contributed by atoms with Gasteiger partial charge in [0.25, 0.3) is 0 Å². The Labute approximate surface area is 102 Å². The second-order valence-corrected chi connectivity index (χ2v) is 5.31. The van der Waals surface area contributed by atoms with Crippen LogP contribution in [0.15, 0.2) is 18.3 Å². The van der Waals surface area contributed by atoms with E-state index in [2.05, 4.69) is 10.1 Å². The van der Waals surface area contributed by atoms with Crippen LogP contribution in [0.3, 0.4) is 0 Å². The molecule has 1 atom stereocenters. The minimum absolute atomic E-state index is 0.230. The molecule has 2 aromatic heterocycles. The van der Waals surface area contributed by atoms with Gasteiger partial charge in [-0.25, -0.2) is 14.3 Å². The number of aromatic nitrogens is 3.